The molecule has 4 nitrogen and oxygen atoms in total. The highest BCUT2D eigenvalue weighted by Crippen LogP contribution is 2.30. The van der Waals surface area contributed by atoms with Crippen LogP contribution in [-0.2, 0) is 10.0 Å². The first-order valence-electron chi connectivity index (χ1n) is 5.99. The normalized spacial score (nSPS) is 11.4. The molecule has 0 saturated heterocycles. The maximum absolute atomic E-state index is 12.5. The highest BCUT2D eigenvalue weighted by Gasteiger charge is 2.19. The van der Waals surface area contributed by atoms with Crippen molar-refractivity contribution in [2.24, 2.45) is 0 Å². The van der Waals surface area contributed by atoms with Crippen LogP contribution in [0.1, 0.15) is 11.1 Å². The lowest BCUT2D eigenvalue weighted by atomic mass is 10.1. The SMILES string of the molecule is Cc1cc(NS(=O)(=O)c2cc(Br)ccc2Br)c(C)cc1O. The van der Waals surface area contributed by atoms with Crippen molar-refractivity contribution in [2.75, 3.05) is 4.72 Å². The lowest BCUT2D eigenvalue weighted by molar-refractivity contribution is 0.471. The lowest BCUT2D eigenvalue weighted by Gasteiger charge is -2.13. The molecule has 2 rings (SSSR count). The Morgan fingerprint density at radius 3 is 2.38 bits per heavy atom. The predicted molar refractivity (Wildman–Crippen MR) is 90.2 cm³/mol. The Bertz CT molecular complexity index is 804. The summed E-state index contributed by atoms with van der Waals surface area (Å²) in [7, 11) is -3.73. The van der Waals surface area contributed by atoms with Crippen LogP contribution in [0, 0.1) is 13.8 Å². The van der Waals surface area contributed by atoms with E-state index in [-0.39, 0.29) is 10.6 Å². The van der Waals surface area contributed by atoms with Gasteiger partial charge in [-0.05, 0) is 71.2 Å². The van der Waals surface area contributed by atoms with Crippen LogP contribution in [0.2, 0.25) is 0 Å². The zero-order valence-electron chi connectivity index (χ0n) is 11.3. The third-order valence-corrected chi connectivity index (χ3v) is 5.82. The van der Waals surface area contributed by atoms with Gasteiger partial charge in [-0.25, -0.2) is 8.42 Å². The Hall–Kier alpha value is -1.05. The average Bonchev–Trinajstić information content (AvgIpc) is 2.38. The van der Waals surface area contributed by atoms with Crippen LogP contribution in [0.5, 0.6) is 5.75 Å². The van der Waals surface area contributed by atoms with Crippen LogP contribution in [0.4, 0.5) is 5.69 Å². The van der Waals surface area contributed by atoms with E-state index in [1.807, 2.05) is 0 Å². The number of nitrogens with one attached hydrogen (secondary N) is 1. The molecule has 2 N–H and O–H groups in total. The number of benzene rings is 2. The average molecular weight is 435 g/mol. The van der Waals surface area contributed by atoms with E-state index < -0.39 is 10.0 Å². The summed E-state index contributed by atoms with van der Waals surface area (Å²) in [6.45, 7) is 3.44. The minimum absolute atomic E-state index is 0.138. The summed E-state index contributed by atoms with van der Waals surface area (Å²) in [4.78, 5) is 0.141. The Labute approximate surface area is 140 Å². The Morgan fingerprint density at radius 1 is 1.05 bits per heavy atom. The molecule has 112 valence electrons. The van der Waals surface area contributed by atoms with Gasteiger partial charge in [0.25, 0.3) is 10.0 Å². The summed E-state index contributed by atoms with van der Waals surface area (Å²) in [6, 6.07) is 8.07. The number of aromatic hydroxyl groups is 1. The third kappa shape index (κ3) is 3.59. The molecule has 0 aliphatic rings. The maximum atomic E-state index is 12.5. The van der Waals surface area contributed by atoms with E-state index in [1.54, 1.807) is 32.0 Å². The maximum Gasteiger partial charge on any atom is 0.263 e. The summed E-state index contributed by atoms with van der Waals surface area (Å²) >= 11 is 6.51. The fraction of sp³-hybridized carbons (Fsp3) is 0.143. The van der Waals surface area contributed by atoms with Gasteiger partial charge in [0.15, 0.2) is 0 Å². The van der Waals surface area contributed by atoms with E-state index in [1.165, 1.54) is 12.1 Å². The number of sulfonamides is 1. The van der Waals surface area contributed by atoms with Crippen molar-refractivity contribution in [3.05, 3.63) is 50.4 Å². The lowest BCUT2D eigenvalue weighted by Crippen LogP contribution is -2.14. The van der Waals surface area contributed by atoms with Crippen LogP contribution in [0.3, 0.4) is 0 Å². The van der Waals surface area contributed by atoms with Crippen molar-refractivity contribution in [1.29, 1.82) is 0 Å². The number of halogens is 2. The monoisotopic (exact) mass is 433 g/mol. The van der Waals surface area contributed by atoms with Crippen molar-refractivity contribution in [3.8, 4) is 5.75 Å². The topological polar surface area (TPSA) is 66.4 Å². The fourth-order valence-corrected chi connectivity index (χ4v) is 4.42. The summed E-state index contributed by atoms with van der Waals surface area (Å²) in [5, 5.41) is 9.63. The molecule has 0 radical (unpaired) electrons. The molecule has 0 fully saturated rings. The fourth-order valence-electron chi connectivity index (χ4n) is 1.79. The van der Waals surface area contributed by atoms with Gasteiger partial charge in [0.2, 0.25) is 0 Å². The number of hydrogen-bond donors (Lipinski definition) is 2. The second kappa shape index (κ2) is 5.98. The molecule has 2 aromatic rings. The standard InChI is InChI=1S/C14H13Br2NO3S/c1-8-6-13(18)9(2)5-12(8)17-21(19,20)14-7-10(15)3-4-11(14)16/h3-7,17-18H,1-2H3. The molecule has 0 heterocycles. The molecule has 0 unspecified atom stereocenters. The van der Waals surface area contributed by atoms with Crippen LogP contribution in [0.15, 0.2) is 44.2 Å². The van der Waals surface area contributed by atoms with Gasteiger partial charge in [0.1, 0.15) is 10.6 Å². The van der Waals surface area contributed by atoms with Crippen molar-refractivity contribution in [1.82, 2.24) is 0 Å². The second-order valence-corrected chi connectivity index (χ2v) is 8.05. The van der Waals surface area contributed by atoms with Gasteiger partial charge in [-0.3, -0.25) is 4.72 Å². The number of phenolic OH excluding ortho intramolecular Hbond substituents is 1. The molecular formula is C14H13Br2NO3S. The van der Waals surface area contributed by atoms with Crippen LogP contribution in [0.25, 0.3) is 0 Å². The van der Waals surface area contributed by atoms with Crippen molar-refractivity contribution in [2.45, 2.75) is 18.7 Å². The molecule has 2 aromatic carbocycles. The molecule has 0 atom stereocenters. The summed E-state index contributed by atoms with van der Waals surface area (Å²) in [5.41, 5.74) is 1.69. The molecule has 0 aliphatic carbocycles. The minimum Gasteiger partial charge on any atom is -0.508 e. The molecule has 0 saturated carbocycles. The first kappa shape index (κ1) is 16.3. The largest absolute Gasteiger partial charge is 0.508 e. The van der Waals surface area contributed by atoms with Crippen molar-refractivity contribution in [3.63, 3.8) is 0 Å². The zero-order valence-corrected chi connectivity index (χ0v) is 15.3. The Kier molecular flexibility index (Phi) is 4.65. The van der Waals surface area contributed by atoms with Crippen molar-refractivity contribution < 1.29 is 13.5 Å². The van der Waals surface area contributed by atoms with Crippen LogP contribution < -0.4 is 4.72 Å². The highest BCUT2D eigenvalue weighted by molar-refractivity contribution is 9.11. The highest BCUT2D eigenvalue weighted by atomic mass is 79.9. The number of hydrogen-bond acceptors (Lipinski definition) is 3. The van der Waals surface area contributed by atoms with Crippen LogP contribution in [-0.4, -0.2) is 13.5 Å². The van der Waals surface area contributed by atoms with Gasteiger partial charge in [-0.15, -0.1) is 0 Å². The van der Waals surface area contributed by atoms with Crippen LogP contribution >= 0.6 is 31.9 Å². The number of anilines is 1. The molecule has 0 aliphatic heterocycles. The second-order valence-electron chi connectivity index (χ2n) is 4.63. The molecule has 21 heavy (non-hydrogen) atoms. The summed E-state index contributed by atoms with van der Waals surface area (Å²) < 4.78 is 28.7. The van der Waals surface area contributed by atoms with Crippen molar-refractivity contribution >= 4 is 47.6 Å². The van der Waals surface area contributed by atoms with Gasteiger partial charge >= 0.3 is 0 Å². The zero-order chi connectivity index (χ0) is 15.8. The van der Waals surface area contributed by atoms with E-state index in [9.17, 15) is 13.5 Å². The third-order valence-electron chi connectivity index (χ3n) is 2.97. The predicted octanol–water partition coefficient (Wildman–Crippen LogP) is 4.33. The molecule has 0 bridgehead atoms. The van der Waals surface area contributed by atoms with E-state index in [0.29, 0.717) is 25.8 Å². The molecular weight excluding hydrogens is 422 g/mol. The molecule has 0 aromatic heterocycles. The first-order valence-corrected chi connectivity index (χ1v) is 9.06. The van der Waals surface area contributed by atoms with E-state index in [0.717, 1.165) is 0 Å². The van der Waals surface area contributed by atoms with Gasteiger partial charge in [0, 0.05) is 8.95 Å². The summed E-state index contributed by atoms with van der Waals surface area (Å²) in [5.74, 6) is 0.138. The summed E-state index contributed by atoms with van der Waals surface area (Å²) in [6.07, 6.45) is 0. The van der Waals surface area contributed by atoms with Gasteiger partial charge in [0.05, 0.1) is 5.69 Å². The van der Waals surface area contributed by atoms with Gasteiger partial charge in [-0.2, -0.15) is 0 Å². The number of aryl methyl sites for hydroxylation is 2. The Balaban J connectivity index is 2.47. The van der Waals surface area contributed by atoms with E-state index in [2.05, 4.69) is 36.6 Å². The Morgan fingerprint density at radius 2 is 1.71 bits per heavy atom. The number of rotatable bonds is 3. The first-order chi connectivity index (χ1) is 9.70. The number of phenols is 1. The van der Waals surface area contributed by atoms with Gasteiger partial charge < -0.3 is 5.11 Å². The van der Waals surface area contributed by atoms with E-state index >= 15 is 0 Å². The smallest absolute Gasteiger partial charge is 0.263 e. The molecule has 0 spiro atoms. The van der Waals surface area contributed by atoms with E-state index in [4.69, 9.17) is 0 Å². The van der Waals surface area contributed by atoms with Gasteiger partial charge in [-0.1, -0.05) is 15.9 Å². The quantitative estimate of drug-likeness (QED) is 0.706. The minimum atomic E-state index is -3.73. The molecule has 7 heteroatoms. The molecule has 0 amide bonds.